The monoisotopic (exact) mass is 522 g/mol. The van der Waals surface area contributed by atoms with Crippen LogP contribution < -0.4 is 9.31 Å². The number of halogens is 2. The summed E-state index contributed by atoms with van der Waals surface area (Å²) >= 11 is 0. The predicted octanol–water partition coefficient (Wildman–Crippen LogP) is 3.97. The third kappa shape index (κ3) is 4.92. The second-order valence-corrected chi connectivity index (χ2v) is 8.19. The minimum atomic E-state index is -0.594. The molecule has 0 aliphatic heterocycles. The van der Waals surface area contributed by atoms with Gasteiger partial charge >= 0.3 is 7.69 Å². The highest BCUT2D eigenvalue weighted by Crippen LogP contribution is 2.26. The lowest BCUT2D eigenvalue weighted by atomic mass is 10.2. The molecule has 2 aromatic heterocycles. The lowest BCUT2D eigenvalue weighted by molar-refractivity contribution is 0.453. The molecule has 0 saturated heterocycles. The van der Waals surface area contributed by atoms with Crippen molar-refractivity contribution in [2.45, 2.75) is 0 Å². The van der Waals surface area contributed by atoms with Crippen LogP contribution in [0.4, 0.5) is 8.78 Å². The molecule has 4 aromatic carbocycles. The van der Waals surface area contributed by atoms with Gasteiger partial charge in [0.05, 0.1) is 0 Å². The highest BCUT2D eigenvalue weighted by molar-refractivity contribution is 6.20. The van der Waals surface area contributed by atoms with Crippen molar-refractivity contribution in [3.63, 3.8) is 0 Å². The molecular weight excluding hydrogens is 505 g/mol. The SMILES string of the molecule is Fc1cc(OBOc2ccc(-n3nnnc3-c3ccccc3)c(F)c2)ccc1-n1nnnc1-c1ccccc1. The first-order chi connectivity index (χ1) is 19.2. The molecule has 0 radical (unpaired) electrons. The largest absolute Gasteiger partial charge is 0.576 e. The van der Waals surface area contributed by atoms with Crippen molar-refractivity contribution in [1.82, 2.24) is 40.4 Å². The summed E-state index contributed by atoms with van der Waals surface area (Å²) in [4.78, 5) is 0. The maximum Gasteiger partial charge on any atom is 0.576 e. The van der Waals surface area contributed by atoms with Crippen LogP contribution in [0.5, 0.6) is 11.5 Å². The molecule has 10 nitrogen and oxygen atoms in total. The molecule has 190 valence electrons. The number of aromatic nitrogens is 8. The molecule has 0 spiro atoms. The first-order valence-electron chi connectivity index (χ1n) is 11.7. The zero-order valence-corrected chi connectivity index (χ0v) is 20.1. The average molecular weight is 522 g/mol. The maximum absolute atomic E-state index is 14.9. The van der Waals surface area contributed by atoms with Gasteiger partial charge in [-0.1, -0.05) is 60.7 Å². The standard InChI is InChI=1S/C26H17BF2N8O2/c28-21-15-19(11-13-23(21)36-25(30-32-34-36)17-7-3-1-4-8-17)38-27-39-20-12-14-24(22(29)16-20)37-26(31-33-35-37)18-9-5-2-6-10-18/h1-16,27H. The Morgan fingerprint density at radius 3 is 1.41 bits per heavy atom. The molecule has 0 unspecified atom stereocenters. The Labute approximate surface area is 220 Å². The Morgan fingerprint density at radius 2 is 1.00 bits per heavy atom. The van der Waals surface area contributed by atoms with Crippen molar-refractivity contribution in [3.8, 4) is 45.6 Å². The third-order valence-electron chi connectivity index (χ3n) is 5.75. The Balaban J connectivity index is 1.13. The fourth-order valence-electron chi connectivity index (χ4n) is 3.90. The van der Waals surface area contributed by atoms with Crippen molar-refractivity contribution < 1.29 is 18.1 Å². The van der Waals surface area contributed by atoms with Crippen molar-refractivity contribution >= 4 is 7.69 Å². The van der Waals surface area contributed by atoms with Gasteiger partial charge in [-0.3, -0.25) is 0 Å². The molecule has 0 aliphatic carbocycles. The van der Waals surface area contributed by atoms with E-state index in [-0.39, 0.29) is 30.6 Å². The normalized spacial score (nSPS) is 10.8. The number of hydrogen-bond acceptors (Lipinski definition) is 8. The number of tetrazole rings is 2. The molecule has 0 amide bonds. The Morgan fingerprint density at radius 1 is 0.564 bits per heavy atom. The summed E-state index contributed by atoms with van der Waals surface area (Å²) in [5.74, 6) is 0.0305. The fraction of sp³-hybridized carbons (Fsp3) is 0. The van der Waals surface area contributed by atoms with Crippen molar-refractivity contribution in [3.05, 3.63) is 109 Å². The van der Waals surface area contributed by atoms with E-state index in [1.165, 1.54) is 33.6 Å². The minimum absolute atomic E-state index is 0.155. The lowest BCUT2D eigenvalue weighted by Crippen LogP contribution is -2.12. The Bertz CT molecular complexity index is 1600. The van der Waals surface area contributed by atoms with E-state index in [9.17, 15) is 8.78 Å². The summed E-state index contributed by atoms with van der Waals surface area (Å²) in [6.45, 7) is 0. The van der Waals surface area contributed by atoms with E-state index in [1.807, 2.05) is 60.7 Å². The molecule has 0 aliphatic rings. The van der Waals surface area contributed by atoms with Crippen LogP contribution >= 0.6 is 0 Å². The number of rotatable bonds is 8. The summed E-state index contributed by atoms with van der Waals surface area (Å²) in [5, 5.41) is 23.2. The smallest absolute Gasteiger partial charge is 0.528 e. The second kappa shape index (κ2) is 10.5. The van der Waals surface area contributed by atoms with E-state index in [2.05, 4.69) is 31.1 Å². The highest BCUT2D eigenvalue weighted by atomic mass is 19.1. The predicted molar refractivity (Wildman–Crippen MR) is 138 cm³/mol. The third-order valence-corrected chi connectivity index (χ3v) is 5.75. The van der Waals surface area contributed by atoms with Crippen LogP contribution in [0.15, 0.2) is 97.1 Å². The van der Waals surface area contributed by atoms with Crippen LogP contribution in [0.1, 0.15) is 0 Å². The van der Waals surface area contributed by atoms with Gasteiger partial charge in [-0.05, 0) is 45.1 Å². The molecule has 13 heteroatoms. The van der Waals surface area contributed by atoms with Gasteiger partial charge in [-0.2, -0.15) is 9.36 Å². The number of hydrogen-bond donors (Lipinski definition) is 0. The summed E-state index contributed by atoms with van der Waals surface area (Å²) < 4.78 is 43.5. The van der Waals surface area contributed by atoms with E-state index in [0.717, 1.165) is 11.1 Å². The highest BCUT2D eigenvalue weighted by Gasteiger charge is 2.17. The van der Waals surface area contributed by atoms with Crippen LogP contribution in [-0.2, 0) is 0 Å². The van der Waals surface area contributed by atoms with Gasteiger partial charge in [0.15, 0.2) is 23.3 Å². The first-order valence-corrected chi connectivity index (χ1v) is 11.7. The molecule has 6 aromatic rings. The Kier molecular flexibility index (Phi) is 6.44. The quantitative estimate of drug-likeness (QED) is 0.277. The van der Waals surface area contributed by atoms with Crippen LogP contribution in [-0.4, -0.2) is 48.1 Å². The summed E-state index contributed by atoms with van der Waals surface area (Å²) in [7, 11) is -0.280. The molecule has 0 saturated carbocycles. The van der Waals surface area contributed by atoms with Gasteiger partial charge in [0, 0.05) is 23.3 Å². The van der Waals surface area contributed by atoms with E-state index < -0.39 is 11.6 Å². The van der Waals surface area contributed by atoms with Gasteiger partial charge in [-0.15, -0.1) is 10.2 Å². The maximum atomic E-state index is 14.9. The Hall–Kier alpha value is -5.46. The number of benzene rings is 4. The summed E-state index contributed by atoms with van der Waals surface area (Å²) in [5.41, 5.74) is 1.79. The van der Waals surface area contributed by atoms with E-state index in [0.29, 0.717) is 11.6 Å². The lowest BCUT2D eigenvalue weighted by Gasteiger charge is -2.11. The van der Waals surface area contributed by atoms with Crippen LogP contribution in [0.3, 0.4) is 0 Å². The summed E-state index contributed by atoms with van der Waals surface area (Å²) in [6, 6.07) is 26.9. The van der Waals surface area contributed by atoms with Gasteiger partial charge in [0.1, 0.15) is 22.9 Å². The average Bonchev–Trinajstić information content (AvgIpc) is 3.65. The van der Waals surface area contributed by atoms with Crippen LogP contribution in [0.2, 0.25) is 0 Å². The molecule has 0 bridgehead atoms. The zero-order valence-electron chi connectivity index (χ0n) is 20.1. The topological polar surface area (TPSA) is 106 Å². The fourth-order valence-corrected chi connectivity index (χ4v) is 3.90. The molecule has 0 atom stereocenters. The van der Waals surface area contributed by atoms with Crippen molar-refractivity contribution in [2.75, 3.05) is 0 Å². The zero-order chi connectivity index (χ0) is 26.6. The molecule has 6 rings (SSSR count). The minimum Gasteiger partial charge on any atom is -0.528 e. The van der Waals surface area contributed by atoms with Gasteiger partial charge in [0.2, 0.25) is 0 Å². The second-order valence-electron chi connectivity index (χ2n) is 8.19. The van der Waals surface area contributed by atoms with E-state index in [1.54, 1.807) is 12.1 Å². The molecule has 39 heavy (non-hydrogen) atoms. The summed E-state index contributed by atoms with van der Waals surface area (Å²) in [6.07, 6.45) is 0. The van der Waals surface area contributed by atoms with E-state index >= 15 is 0 Å². The van der Waals surface area contributed by atoms with Crippen LogP contribution in [0.25, 0.3) is 34.2 Å². The molecule has 0 N–H and O–H groups in total. The van der Waals surface area contributed by atoms with Gasteiger partial charge in [0.25, 0.3) is 0 Å². The molecule has 2 heterocycles. The van der Waals surface area contributed by atoms with Gasteiger partial charge in [-0.25, -0.2) is 8.78 Å². The molecular formula is C26H17BF2N8O2. The van der Waals surface area contributed by atoms with Gasteiger partial charge < -0.3 is 9.31 Å². The van der Waals surface area contributed by atoms with Crippen molar-refractivity contribution in [1.29, 1.82) is 0 Å². The van der Waals surface area contributed by atoms with E-state index in [4.69, 9.17) is 9.31 Å². The molecule has 0 fully saturated rings. The van der Waals surface area contributed by atoms with Crippen LogP contribution in [0, 0.1) is 11.6 Å². The van der Waals surface area contributed by atoms with Crippen molar-refractivity contribution in [2.24, 2.45) is 0 Å². The number of nitrogens with zero attached hydrogens (tertiary/aromatic N) is 8. The first kappa shape index (κ1) is 23.9.